The number of hydrogen-bond donors (Lipinski definition) is 0. The summed E-state index contributed by atoms with van der Waals surface area (Å²) >= 11 is 0. The molecular formula is C32H38CaO6S2. The van der Waals surface area contributed by atoms with E-state index < -0.39 is 20.2 Å². The van der Waals surface area contributed by atoms with Crippen LogP contribution in [0.5, 0.6) is 0 Å². The van der Waals surface area contributed by atoms with Crippen molar-refractivity contribution in [3.05, 3.63) is 82.9 Å². The molecule has 0 radical (unpaired) electrons. The second-order valence-corrected chi connectivity index (χ2v) is 12.8. The van der Waals surface area contributed by atoms with Gasteiger partial charge in [-0.15, -0.1) is 0 Å². The van der Waals surface area contributed by atoms with Gasteiger partial charge in [-0.3, -0.25) is 0 Å². The number of benzene rings is 4. The van der Waals surface area contributed by atoms with Crippen LogP contribution in [0.1, 0.15) is 75.6 Å². The summed E-state index contributed by atoms with van der Waals surface area (Å²) in [6.45, 7) is 8.55. The van der Waals surface area contributed by atoms with Crippen molar-refractivity contribution < 1.29 is 25.9 Å². The van der Waals surface area contributed by atoms with Crippen LogP contribution in [0.25, 0.3) is 21.5 Å². The normalized spacial score (nSPS) is 11.7. The van der Waals surface area contributed by atoms with Gasteiger partial charge in [0.15, 0.2) is 0 Å². The maximum absolute atomic E-state index is 11.1. The van der Waals surface area contributed by atoms with E-state index >= 15 is 0 Å². The van der Waals surface area contributed by atoms with Crippen LogP contribution in [0.15, 0.2) is 70.5 Å². The van der Waals surface area contributed by atoms with E-state index in [2.05, 4.69) is 39.8 Å². The van der Waals surface area contributed by atoms with Crippen molar-refractivity contribution in [1.82, 2.24) is 0 Å². The first-order chi connectivity index (χ1) is 18.9. The Morgan fingerprint density at radius 2 is 0.854 bits per heavy atom. The molecule has 0 unspecified atom stereocenters. The minimum atomic E-state index is -4.39. The quantitative estimate of drug-likeness (QED) is 0.140. The molecule has 0 atom stereocenters. The van der Waals surface area contributed by atoms with Crippen molar-refractivity contribution in [3.63, 3.8) is 0 Å². The molecule has 0 spiro atoms. The summed E-state index contributed by atoms with van der Waals surface area (Å²) < 4.78 is 66.6. The van der Waals surface area contributed by atoms with E-state index in [0.29, 0.717) is 0 Å². The summed E-state index contributed by atoms with van der Waals surface area (Å²) in [6.07, 6.45) is 8.21. The molecule has 0 saturated carbocycles. The average molecular weight is 623 g/mol. The van der Waals surface area contributed by atoms with E-state index in [1.165, 1.54) is 46.5 Å². The van der Waals surface area contributed by atoms with Crippen molar-refractivity contribution in [2.45, 2.75) is 88.9 Å². The van der Waals surface area contributed by atoms with Crippen LogP contribution in [0.4, 0.5) is 0 Å². The van der Waals surface area contributed by atoms with Gasteiger partial charge >= 0.3 is 37.7 Å². The van der Waals surface area contributed by atoms with Crippen LogP contribution in [-0.4, -0.2) is 63.7 Å². The number of fused-ring (bicyclic) bond motifs is 2. The van der Waals surface area contributed by atoms with Gasteiger partial charge in [0.05, 0.1) is 9.79 Å². The maximum Gasteiger partial charge on any atom is 2.00 e. The molecule has 9 heteroatoms. The van der Waals surface area contributed by atoms with E-state index in [4.69, 9.17) is 0 Å². The van der Waals surface area contributed by atoms with E-state index in [9.17, 15) is 25.9 Å². The molecule has 0 bridgehead atoms. The van der Waals surface area contributed by atoms with Gasteiger partial charge in [0.2, 0.25) is 0 Å². The summed E-state index contributed by atoms with van der Waals surface area (Å²) in [5, 5.41) is 3.77. The summed E-state index contributed by atoms with van der Waals surface area (Å²) in [5.41, 5.74) is 5.20. The fourth-order valence-electron chi connectivity index (χ4n) is 5.24. The Bertz CT molecular complexity index is 1570. The molecule has 4 aromatic rings. The Kier molecular flexibility index (Phi) is 13.8. The van der Waals surface area contributed by atoms with Crippen LogP contribution in [0.3, 0.4) is 0 Å². The number of aryl methyl sites for hydroxylation is 4. The zero-order valence-corrected chi connectivity index (χ0v) is 28.2. The molecule has 0 aliphatic heterocycles. The minimum absolute atomic E-state index is 0. The van der Waals surface area contributed by atoms with Gasteiger partial charge in [0.1, 0.15) is 20.2 Å². The van der Waals surface area contributed by atoms with Gasteiger partial charge in [-0.2, -0.15) is 0 Å². The first kappa shape index (κ1) is 35.7. The van der Waals surface area contributed by atoms with Gasteiger partial charge < -0.3 is 9.11 Å². The third-order valence-electron chi connectivity index (χ3n) is 7.02. The molecule has 0 heterocycles. The molecule has 0 aromatic heterocycles. The second kappa shape index (κ2) is 15.8. The first-order valence-electron chi connectivity index (χ1n) is 13.9. The largest absolute Gasteiger partial charge is 2.00 e. The second-order valence-electron chi connectivity index (χ2n) is 10.1. The third-order valence-corrected chi connectivity index (χ3v) is 8.68. The van der Waals surface area contributed by atoms with E-state index in [-0.39, 0.29) is 47.5 Å². The van der Waals surface area contributed by atoms with Gasteiger partial charge in [-0.1, -0.05) is 89.8 Å². The van der Waals surface area contributed by atoms with E-state index in [0.717, 1.165) is 72.9 Å². The molecule has 0 N–H and O–H groups in total. The van der Waals surface area contributed by atoms with Gasteiger partial charge in [0.25, 0.3) is 0 Å². The summed E-state index contributed by atoms with van der Waals surface area (Å²) in [7, 11) is -8.78. The summed E-state index contributed by atoms with van der Waals surface area (Å²) in [5.74, 6) is 0. The topological polar surface area (TPSA) is 114 Å². The molecule has 216 valence electrons. The molecule has 0 fully saturated rings. The number of rotatable bonds is 10. The SMILES string of the molecule is CCCc1ccc2cc(S(=O)(=O)[O-])ccc2c1CCC.CCCc1ccc2cc(S(=O)(=O)[O-])ccc2c1CCC.[Ca+2]. The van der Waals surface area contributed by atoms with Crippen LogP contribution < -0.4 is 0 Å². The van der Waals surface area contributed by atoms with Gasteiger partial charge in [-0.25, -0.2) is 16.8 Å². The zero-order valence-electron chi connectivity index (χ0n) is 24.4. The predicted octanol–water partition coefficient (Wildman–Crippen LogP) is 6.92. The Labute approximate surface area is 275 Å². The molecule has 4 rings (SSSR count). The number of hydrogen-bond acceptors (Lipinski definition) is 6. The Balaban J connectivity index is 0.000000280. The summed E-state index contributed by atoms with van der Waals surface area (Å²) in [6, 6.07) is 17.3. The molecule has 0 saturated heterocycles. The average Bonchev–Trinajstić information content (AvgIpc) is 2.90. The van der Waals surface area contributed by atoms with Crippen LogP contribution in [0.2, 0.25) is 0 Å². The fraction of sp³-hybridized carbons (Fsp3) is 0.375. The van der Waals surface area contributed by atoms with Crippen molar-refractivity contribution in [2.24, 2.45) is 0 Å². The molecule has 4 aromatic carbocycles. The fourth-order valence-corrected chi connectivity index (χ4v) is 6.26. The standard InChI is InChI=1S/2C16H20O3S.Ca/c2*1-3-5-12-7-8-13-11-14(20(17,18)19)9-10-16(13)15(12)6-4-2;/h2*7-11H,3-6H2,1-2H3,(H,17,18,19);/q;;+2/p-2. The van der Waals surface area contributed by atoms with Gasteiger partial charge in [-0.05, 0) is 93.7 Å². The van der Waals surface area contributed by atoms with Crippen LogP contribution in [-0.2, 0) is 45.9 Å². The van der Waals surface area contributed by atoms with E-state index in [1.807, 2.05) is 12.1 Å². The van der Waals surface area contributed by atoms with E-state index in [1.54, 1.807) is 12.1 Å². The van der Waals surface area contributed by atoms with Crippen molar-refractivity contribution >= 4 is 79.5 Å². The van der Waals surface area contributed by atoms with Crippen molar-refractivity contribution in [1.29, 1.82) is 0 Å². The Morgan fingerprint density at radius 3 is 1.15 bits per heavy atom. The van der Waals surface area contributed by atoms with Crippen molar-refractivity contribution in [2.75, 3.05) is 0 Å². The molecular weight excluding hydrogens is 585 g/mol. The monoisotopic (exact) mass is 622 g/mol. The van der Waals surface area contributed by atoms with Crippen LogP contribution >= 0.6 is 0 Å². The molecule has 0 amide bonds. The third kappa shape index (κ3) is 9.23. The smallest absolute Gasteiger partial charge is 0.744 e. The maximum atomic E-state index is 11.1. The molecule has 6 nitrogen and oxygen atoms in total. The Hall–Kier alpha value is -1.52. The molecule has 0 aliphatic carbocycles. The zero-order chi connectivity index (χ0) is 29.5. The minimum Gasteiger partial charge on any atom is -0.744 e. The van der Waals surface area contributed by atoms with Gasteiger partial charge in [0, 0.05) is 0 Å². The first-order valence-corrected chi connectivity index (χ1v) is 16.8. The van der Waals surface area contributed by atoms with Crippen molar-refractivity contribution in [3.8, 4) is 0 Å². The summed E-state index contributed by atoms with van der Waals surface area (Å²) in [4.78, 5) is -0.314. The molecule has 41 heavy (non-hydrogen) atoms. The Morgan fingerprint density at radius 1 is 0.512 bits per heavy atom. The molecule has 0 aliphatic rings. The van der Waals surface area contributed by atoms with Crippen LogP contribution in [0, 0.1) is 0 Å². The predicted molar refractivity (Wildman–Crippen MR) is 166 cm³/mol.